The molecule has 0 saturated carbocycles. The summed E-state index contributed by atoms with van der Waals surface area (Å²) < 4.78 is 0. The average molecular weight is 212 g/mol. The average Bonchev–Trinajstić information content (AvgIpc) is 2.45. The number of hydrogen-bond donors (Lipinski definition) is 2. The van der Waals surface area contributed by atoms with E-state index in [4.69, 9.17) is 0 Å². The number of nitrogens with one attached hydrogen (secondary N) is 2. The topological polar surface area (TPSA) is 24.1 Å². The normalized spacial score (nSPS) is 25.2. The maximum atomic E-state index is 3.86. The van der Waals surface area contributed by atoms with Gasteiger partial charge >= 0.3 is 0 Å². The Morgan fingerprint density at radius 2 is 2.07 bits per heavy atom. The Balaban J connectivity index is 2.34. The summed E-state index contributed by atoms with van der Waals surface area (Å²) in [5.74, 6) is 0.765. The summed E-state index contributed by atoms with van der Waals surface area (Å²) in [7, 11) is 0. The molecule has 1 saturated heterocycles. The van der Waals surface area contributed by atoms with E-state index in [9.17, 15) is 0 Å². The van der Waals surface area contributed by atoms with E-state index in [1.165, 1.54) is 45.2 Å². The smallest absolute Gasteiger partial charge is 0.00925 e. The van der Waals surface area contributed by atoms with Gasteiger partial charge in [0.25, 0.3) is 0 Å². The fourth-order valence-electron chi connectivity index (χ4n) is 2.41. The third-order valence-electron chi connectivity index (χ3n) is 3.43. The van der Waals surface area contributed by atoms with Crippen molar-refractivity contribution >= 4 is 0 Å². The van der Waals surface area contributed by atoms with Gasteiger partial charge in [0.05, 0.1) is 0 Å². The summed E-state index contributed by atoms with van der Waals surface area (Å²) in [6, 6.07) is 1.47. The van der Waals surface area contributed by atoms with Gasteiger partial charge in [-0.3, -0.25) is 0 Å². The van der Waals surface area contributed by atoms with Crippen molar-refractivity contribution in [2.45, 2.75) is 65.0 Å². The van der Waals surface area contributed by atoms with Crippen LogP contribution < -0.4 is 10.6 Å². The molecule has 90 valence electrons. The van der Waals surface area contributed by atoms with Crippen LogP contribution in [-0.2, 0) is 0 Å². The number of rotatable bonds is 5. The molecule has 1 fully saturated rings. The molecule has 1 aliphatic heterocycles. The molecule has 0 amide bonds. The van der Waals surface area contributed by atoms with Crippen LogP contribution in [0.15, 0.2) is 0 Å². The predicted octanol–water partition coefficient (Wildman–Crippen LogP) is 2.54. The second-order valence-electron chi connectivity index (χ2n) is 5.18. The van der Waals surface area contributed by atoms with Crippen LogP contribution in [0.4, 0.5) is 0 Å². The summed E-state index contributed by atoms with van der Waals surface area (Å²) >= 11 is 0. The van der Waals surface area contributed by atoms with Crippen molar-refractivity contribution in [3.63, 3.8) is 0 Å². The van der Waals surface area contributed by atoms with Crippen LogP contribution in [0.3, 0.4) is 0 Å². The summed E-state index contributed by atoms with van der Waals surface area (Å²) in [5.41, 5.74) is 0. The summed E-state index contributed by atoms with van der Waals surface area (Å²) in [6.45, 7) is 9.35. The van der Waals surface area contributed by atoms with Gasteiger partial charge in [-0.2, -0.15) is 0 Å². The first-order chi connectivity index (χ1) is 7.24. The molecule has 2 nitrogen and oxygen atoms in total. The lowest BCUT2D eigenvalue weighted by Crippen LogP contribution is -2.41. The SMILES string of the molecule is CCCC(NC1CCCNCC1)C(C)C. The van der Waals surface area contributed by atoms with E-state index in [1.807, 2.05) is 0 Å². The van der Waals surface area contributed by atoms with Crippen molar-refractivity contribution in [1.82, 2.24) is 10.6 Å². The standard InChI is InChI=1S/C13H28N2/c1-4-6-13(11(2)3)15-12-7-5-9-14-10-8-12/h11-15H,4-10H2,1-3H3. The second-order valence-corrected chi connectivity index (χ2v) is 5.18. The van der Waals surface area contributed by atoms with Gasteiger partial charge in [0.15, 0.2) is 0 Å². The first-order valence-corrected chi connectivity index (χ1v) is 6.70. The molecule has 2 N–H and O–H groups in total. The summed E-state index contributed by atoms with van der Waals surface area (Å²) in [6.07, 6.45) is 6.59. The summed E-state index contributed by atoms with van der Waals surface area (Å²) in [5, 5.41) is 7.33. The van der Waals surface area contributed by atoms with Gasteiger partial charge in [0.1, 0.15) is 0 Å². The first-order valence-electron chi connectivity index (χ1n) is 6.70. The minimum absolute atomic E-state index is 0.720. The molecule has 1 aliphatic rings. The first kappa shape index (κ1) is 13.0. The maximum Gasteiger partial charge on any atom is 0.00925 e. The molecule has 0 radical (unpaired) electrons. The molecule has 2 unspecified atom stereocenters. The maximum absolute atomic E-state index is 3.86. The van der Waals surface area contributed by atoms with Gasteiger partial charge in [-0.25, -0.2) is 0 Å². The fourth-order valence-corrected chi connectivity index (χ4v) is 2.41. The molecular formula is C13H28N2. The number of hydrogen-bond acceptors (Lipinski definition) is 2. The van der Waals surface area contributed by atoms with Crippen molar-refractivity contribution in [1.29, 1.82) is 0 Å². The van der Waals surface area contributed by atoms with Gasteiger partial charge in [0.2, 0.25) is 0 Å². The van der Waals surface area contributed by atoms with Crippen LogP contribution in [0.1, 0.15) is 52.9 Å². The minimum Gasteiger partial charge on any atom is -0.317 e. The molecule has 0 spiro atoms. The fraction of sp³-hybridized carbons (Fsp3) is 1.00. The summed E-state index contributed by atoms with van der Waals surface area (Å²) in [4.78, 5) is 0. The molecule has 0 bridgehead atoms. The van der Waals surface area contributed by atoms with Gasteiger partial charge < -0.3 is 10.6 Å². The zero-order valence-corrected chi connectivity index (χ0v) is 10.7. The molecule has 2 atom stereocenters. The third kappa shape index (κ3) is 4.98. The lowest BCUT2D eigenvalue weighted by atomic mass is 9.97. The molecule has 0 aromatic heterocycles. The van der Waals surface area contributed by atoms with Crippen molar-refractivity contribution < 1.29 is 0 Å². The van der Waals surface area contributed by atoms with E-state index < -0.39 is 0 Å². The molecule has 1 heterocycles. The second kappa shape index (κ2) is 7.24. The Kier molecular flexibility index (Phi) is 6.26. The Morgan fingerprint density at radius 3 is 2.73 bits per heavy atom. The predicted molar refractivity (Wildman–Crippen MR) is 67.2 cm³/mol. The highest BCUT2D eigenvalue weighted by Gasteiger charge is 2.18. The molecular weight excluding hydrogens is 184 g/mol. The quantitative estimate of drug-likeness (QED) is 0.732. The van der Waals surface area contributed by atoms with Crippen LogP contribution in [0.2, 0.25) is 0 Å². The Labute approximate surface area is 95.2 Å². The highest BCUT2D eigenvalue weighted by atomic mass is 15.0. The van der Waals surface area contributed by atoms with Crippen LogP contribution in [0, 0.1) is 5.92 Å². The van der Waals surface area contributed by atoms with Crippen LogP contribution in [-0.4, -0.2) is 25.2 Å². The van der Waals surface area contributed by atoms with Gasteiger partial charge in [-0.15, -0.1) is 0 Å². The van der Waals surface area contributed by atoms with E-state index in [2.05, 4.69) is 31.4 Å². The molecule has 0 aliphatic carbocycles. The lowest BCUT2D eigenvalue weighted by Gasteiger charge is -2.27. The van der Waals surface area contributed by atoms with Crippen LogP contribution in [0.25, 0.3) is 0 Å². The zero-order chi connectivity index (χ0) is 11.1. The van der Waals surface area contributed by atoms with Gasteiger partial charge in [-0.1, -0.05) is 27.2 Å². The molecule has 0 aromatic carbocycles. The lowest BCUT2D eigenvalue weighted by molar-refractivity contribution is 0.318. The minimum atomic E-state index is 0.720. The third-order valence-corrected chi connectivity index (χ3v) is 3.43. The van der Waals surface area contributed by atoms with Crippen molar-refractivity contribution in [2.24, 2.45) is 5.92 Å². The highest BCUT2D eigenvalue weighted by molar-refractivity contribution is 4.79. The van der Waals surface area contributed by atoms with Crippen molar-refractivity contribution in [3.05, 3.63) is 0 Å². The van der Waals surface area contributed by atoms with E-state index in [1.54, 1.807) is 0 Å². The molecule has 2 heteroatoms. The van der Waals surface area contributed by atoms with E-state index in [0.29, 0.717) is 0 Å². The molecule has 15 heavy (non-hydrogen) atoms. The van der Waals surface area contributed by atoms with E-state index in [0.717, 1.165) is 18.0 Å². The molecule has 0 aromatic rings. The Bertz CT molecular complexity index is 149. The van der Waals surface area contributed by atoms with Crippen molar-refractivity contribution in [3.8, 4) is 0 Å². The van der Waals surface area contributed by atoms with E-state index >= 15 is 0 Å². The van der Waals surface area contributed by atoms with Crippen molar-refractivity contribution in [2.75, 3.05) is 13.1 Å². The van der Waals surface area contributed by atoms with Crippen LogP contribution >= 0.6 is 0 Å². The largest absolute Gasteiger partial charge is 0.317 e. The van der Waals surface area contributed by atoms with Gasteiger partial charge in [0, 0.05) is 12.1 Å². The van der Waals surface area contributed by atoms with Gasteiger partial charge in [-0.05, 0) is 44.7 Å². The van der Waals surface area contributed by atoms with E-state index in [-0.39, 0.29) is 0 Å². The highest BCUT2D eigenvalue weighted by Crippen LogP contribution is 2.13. The Hall–Kier alpha value is -0.0800. The van der Waals surface area contributed by atoms with Crippen LogP contribution in [0.5, 0.6) is 0 Å². The Morgan fingerprint density at radius 1 is 1.27 bits per heavy atom. The zero-order valence-electron chi connectivity index (χ0n) is 10.7. The molecule has 1 rings (SSSR count). The monoisotopic (exact) mass is 212 g/mol.